The van der Waals surface area contributed by atoms with Gasteiger partial charge in [0.15, 0.2) is 11.5 Å². The summed E-state index contributed by atoms with van der Waals surface area (Å²) in [4.78, 5) is 29.3. The minimum Gasteiger partial charge on any atom is -0.503 e. The number of para-hydroxylation sites is 1. The van der Waals surface area contributed by atoms with Crippen LogP contribution in [0.25, 0.3) is 11.0 Å². The molecule has 4 rings (SSSR count). The van der Waals surface area contributed by atoms with Gasteiger partial charge in [0.25, 0.3) is 5.91 Å². The van der Waals surface area contributed by atoms with Crippen molar-refractivity contribution in [2.24, 2.45) is 0 Å². The van der Waals surface area contributed by atoms with Gasteiger partial charge < -0.3 is 23.7 Å². The van der Waals surface area contributed by atoms with Crippen LogP contribution in [-0.4, -0.2) is 53.8 Å². The molecule has 1 amide bonds. The molecule has 7 heteroatoms. The third-order valence-corrected chi connectivity index (χ3v) is 4.80. The molecule has 0 saturated heterocycles. The van der Waals surface area contributed by atoms with Crippen LogP contribution in [0.4, 0.5) is 0 Å². The molecule has 1 atom stereocenters. The predicted molar refractivity (Wildman–Crippen MR) is 102 cm³/mol. The lowest BCUT2D eigenvalue weighted by Gasteiger charge is -2.26. The highest BCUT2D eigenvalue weighted by molar-refractivity contribution is 6.15. The van der Waals surface area contributed by atoms with Gasteiger partial charge in [0.2, 0.25) is 5.78 Å². The molecule has 1 aliphatic rings. The van der Waals surface area contributed by atoms with Gasteiger partial charge in [-0.3, -0.25) is 9.59 Å². The Morgan fingerprint density at radius 2 is 2.00 bits per heavy atom. The fourth-order valence-corrected chi connectivity index (χ4v) is 3.39. The van der Waals surface area contributed by atoms with Gasteiger partial charge >= 0.3 is 0 Å². The Labute approximate surface area is 161 Å². The van der Waals surface area contributed by atoms with Crippen molar-refractivity contribution in [1.29, 1.82) is 0 Å². The molecule has 3 aromatic rings. The Hall–Kier alpha value is -3.32. The number of likely N-dealkylation sites (N-methyl/N-ethyl adjacent to an activating group) is 1. The summed E-state index contributed by atoms with van der Waals surface area (Å²) in [6.07, 6.45) is 1.47. The van der Waals surface area contributed by atoms with Gasteiger partial charge in [0, 0.05) is 18.5 Å². The molecule has 2 aromatic heterocycles. The van der Waals surface area contributed by atoms with Gasteiger partial charge in [-0.15, -0.1) is 0 Å². The summed E-state index contributed by atoms with van der Waals surface area (Å²) in [7, 11) is 3.77. The number of furan rings is 2. The number of hydrogen-bond acceptors (Lipinski definition) is 6. The van der Waals surface area contributed by atoms with Crippen LogP contribution in [0.15, 0.2) is 68.9 Å². The maximum atomic E-state index is 13.2. The first-order valence-corrected chi connectivity index (χ1v) is 8.93. The SMILES string of the molecule is CN(C)CCN1C(=O)C(O)=C(C(=O)c2cc3ccccc3o2)C1c1ccco1. The van der Waals surface area contributed by atoms with Crippen molar-refractivity contribution in [3.8, 4) is 0 Å². The number of rotatable bonds is 6. The van der Waals surface area contributed by atoms with Gasteiger partial charge in [-0.1, -0.05) is 18.2 Å². The molecule has 0 radical (unpaired) electrons. The maximum absolute atomic E-state index is 13.2. The quantitative estimate of drug-likeness (QED) is 0.661. The molecule has 0 bridgehead atoms. The number of amides is 1. The monoisotopic (exact) mass is 380 g/mol. The van der Waals surface area contributed by atoms with Gasteiger partial charge in [-0.2, -0.15) is 0 Å². The lowest BCUT2D eigenvalue weighted by atomic mass is 9.99. The zero-order valence-corrected chi connectivity index (χ0v) is 15.6. The first-order chi connectivity index (χ1) is 13.5. The van der Waals surface area contributed by atoms with E-state index in [1.54, 1.807) is 24.3 Å². The van der Waals surface area contributed by atoms with Crippen LogP contribution in [-0.2, 0) is 4.79 Å². The number of Topliss-reactive ketones (excluding diaryl/α,β-unsaturated/α-hetero) is 1. The van der Waals surface area contributed by atoms with Gasteiger partial charge in [-0.05, 0) is 38.4 Å². The lowest BCUT2D eigenvalue weighted by molar-refractivity contribution is -0.129. The van der Waals surface area contributed by atoms with E-state index < -0.39 is 23.5 Å². The molecule has 1 aromatic carbocycles. The van der Waals surface area contributed by atoms with Crippen molar-refractivity contribution in [3.05, 3.63) is 71.6 Å². The third kappa shape index (κ3) is 2.99. The number of ketones is 1. The second-order valence-corrected chi connectivity index (χ2v) is 6.96. The summed E-state index contributed by atoms with van der Waals surface area (Å²) in [5.74, 6) is -1.21. The summed E-state index contributed by atoms with van der Waals surface area (Å²) in [6, 6.07) is 11.4. The number of carbonyl (C=O) groups is 2. The summed E-state index contributed by atoms with van der Waals surface area (Å²) < 4.78 is 11.2. The first-order valence-electron chi connectivity index (χ1n) is 8.93. The van der Waals surface area contributed by atoms with E-state index in [0.29, 0.717) is 24.4 Å². The summed E-state index contributed by atoms with van der Waals surface area (Å²) in [5, 5.41) is 11.3. The molecule has 0 spiro atoms. The van der Waals surface area contributed by atoms with Crippen molar-refractivity contribution in [2.75, 3.05) is 27.2 Å². The second-order valence-electron chi connectivity index (χ2n) is 6.96. The number of nitrogens with zero attached hydrogens (tertiary/aromatic N) is 2. The molecule has 1 unspecified atom stereocenters. The molecule has 3 heterocycles. The Bertz CT molecular complexity index is 1030. The molecule has 7 nitrogen and oxygen atoms in total. The van der Waals surface area contributed by atoms with Crippen LogP contribution in [0.5, 0.6) is 0 Å². The van der Waals surface area contributed by atoms with Crippen LogP contribution in [0.3, 0.4) is 0 Å². The number of hydrogen-bond donors (Lipinski definition) is 1. The zero-order valence-electron chi connectivity index (χ0n) is 15.6. The minimum absolute atomic E-state index is 0.0298. The number of aliphatic hydroxyl groups is 1. The molecule has 0 fully saturated rings. The van der Waals surface area contributed by atoms with Crippen LogP contribution < -0.4 is 0 Å². The van der Waals surface area contributed by atoms with E-state index in [2.05, 4.69) is 0 Å². The number of aliphatic hydroxyl groups excluding tert-OH is 1. The third-order valence-electron chi connectivity index (χ3n) is 4.80. The highest BCUT2D eigenvalue weighted by Crippen LogP contribution is 2.39. The van der Waals surface area contributed by atoms with Crippen molar-refractivity contribution >= 4 is 22.7 Å². The lowest BCUT2D eigenvalue weighted by Crippen LogP contribution is -2.36. The van der Waals surface area contributed by atoms with Crippen molar-refractivity contribution in [2.45, 2.75) is 6.04 Å². The summed E-state index contributed by atoms with van der Waals surface area (Å²) in [6.45, 7) is 0.903. The average Bonchev–Trinajstić information content (AvgIpc) is 3.39. The summed E-state index contributed by atoms with van der Waals surface area (Å²) in [5.41, 5.74) is 0.534. The van der Waals surface area contributed by atoms with Gasteiger partial charge in [0.1, 0.15) is 17.4 Å². The van der Waals surface area contributed by atoms with E-state index in [4.69, 9.17) is 8.83 Å². The van der Waals surface area contributed by atoms with E-state index in [1.807, 2.05) is 37.2 Å². The van der Waals surface area contributed by atoms with Crippen molar-refractivity contribution < 1.29 is 23.5 Å². The molecular formula is C21H20N2O5. The Morgan fingerprint density at radius 1 is 1.21 bits per heavy atom. The smallest absolute Gasteiger partial charge is 0.290 e. The molecule has 1 N–H and O–H groups in total. The highest BCUT2D eigenvalue weighted by Gasteiger charge is 2.45. The minimum atomic E-state index is -0.803. The molecule has 0 saturated carbocycles. The standard InChI is InChI=1S/C21H20N2O5/c1-22(2)9-10-23-18(15-8-5-11-27-15)17(20(25)21(23)26)19(24)16-12-13-6-3-4-7-14(13)28-16/h3-8,11-12,18,25H,9-10H2,1-2H3. The van der Waals surface area contributed by atoms with Gasteiger partial charge in [0.05, 0.1) is 11.8 Å². The highest BCUT2D eigenvalue weighted by atomic mass is 16.3. The average molecular weight is 380 g/mol. The molecular weight excluding hydrogens is 360 g/mol. The van der Waals surface area contributed by atoms with E-state index in [-0.39, 0.29) is 11.3 Å². The normalized spacial score (nSPS) is 17.3. The van der Waals surface area contributed by atoms with E-state index >= 15 is 0 Å². The molecule has 0 aliphatic carbocycles. The van der Waals surface area contributed by atoms with E-state index in [9.17, 15) is 14.7 Å². The fourth-order valence-electron chi connectivity index (χ4n) is 3.39. The van der Waals surface area contributed by atoms with Crippen LogP contribution in [0.2, 0.25) is 0 Å². The first kappa shape index (κ1) is 18.1. The van der Waals surface area contributed by atoms with Crippen molar-refractivity contribution in [1.82, 2.24) is 9.80 Å². The predicted octanol–water partition coefficient (Wildman–Crippen LogP) is 3.17. The Kier molecular flexibility index (Phi) is 4.52. The van der Waals surface area contributed by atoms with Gasteiger partial charge in [-0.25, -0.2) is 0 Å². The Morgan fingerprint density at radius 3 is 2.68 bits per heavy atom. The van der Waals surface area contributed by atoms with Crippen LogP contribution in [0.1, 0.15) is 22.4 Å². The topological polar surface area (TPSA) is 87.1 Å². The molecule has 28 heavy (non-hydrogen) atoms. The molecule has 144 valence electrons. The fraction of sp³-hybridized carbons (Fsp3) is 0.238. The number of fused-ring (bicyclic) bond motifs is 1. The van der Waals surface area contributed by atoms with E-state index in [1.165, 1.54) is 11.2 Å². The van der Waals surface area contributed by atoms with Crippen LogP contribution in [0, 0.1) is 0 Å². The largest absolute Gasteiger partial charge is 0.503 e. The van der Waals surface area contributed by atoms with Crippen LogP contribution >= 0.6 is 0 Å². The van der Waals surface area contributed by atoms with E-state index in [0.717, 1.165) is 5.39 Å². The second kappa shape index (κ2) is 7.01. The summed E-state index contributed by atoms with van der Waals surface area (Å²) >= 11 is 0. The number of benzene rings is 1. The van der Waals surface area contributed by atoms with Crippen molar-refractivity contribution in [3.63, 3.8) is 0 Å². The Balaban J connectivity index is 1.76. The molecule has 1 aliphatic heterocycles. The zero-order chi connectivity index (χ0) is 19.8. The maximum Gasteiger partial charge on any atom is 0.290 e. The number of carbonyl (C=O) groups excluding carboxylic acids is 2.